The summed E-state index contributed by atoms with van der Waals surface area (Å²) in [6.07, 6.45) is 2.07. The topological polar surface area (TPSA) is 61.4 Å². The number of carbonyl (C=O) groups is 1. The van der Waals surface area contributed by atoms with E-state index in [0.29, 0.717) is 39.3 Å². The lowest BCUT2D eigenvalue weighted by atomic mass is 9.98. The highest BCUT2D eigenvalue weighted by molar-refractivity contribution is 7.85. The number of halogens is 2. The summed E-state index contributed by atoms with van der Waals surface area (Å²) >= 11 is 6.11. The van der Waals surface area contributed by atoms with Crippen LogP contribution in [-0.2, 0) is 23.9 Å². The van der Waals surface area contributed by atoms with Crippen LogP contribution in [0.15, 0.2) is 35.2 Å². The van der Waals surface area contributed by atoms with Gasteiger partial charge in [0.15, 0.2) is 0 Å². The Balaban J connectivity index is 1.52. The molecule has 1 amide bonds. The highest BCUT2D eigenvalue weighted by Crippen LogP contribution is 2.43. The van der Waals surface area contributed by atoms with E-state index in [1.54, 1.807) is 18.2 Å². The standard InChI is InChI=1S/C24H29ClFN3O2S/c1-2-32(31)23-6-5-19(25)11-18(23)14-28-24(30)17-12-20(16-3-4-16)21(22(26)13-17)15-29-9-7-27-8-10-29/h5-6,11-13,16,27H,2-4,7-10,14-15H2,1H3,(H,28,30). The third kappa shape index (κ3) is 5.57. The van der Waals surface area contributed by atoms with Gasteiger partial charge in [0.2, 0.25) is 0 Å². The third-order valence-corrected chi connectivity index (χ3v) is 7.72. The summed E-state index contributed by atoms with van der Waals surface area (Å²) in [5.41, 5.74) is 2.73. The molecule has 1 saturated carbocycles. The van der Waals surface area contributed by atoms with E-state index < -0.39 is 10.8 Å². The first-order chi connectivity index (χ1) is 15.5. The van der Waals surface area contributed by atoms with Crippen LogP contribution in [0.25, 0.3) is 0 Å². The maximum atomic E-state index is 15.2. The van der Waals surface area contributed by atoms with Gasteiger partial charge < -0.3 is 10.6 Å². The molecule has 2 aliphatic rings. The molecule has 1 aliphatic carbocycles. The minimum atomic E-state index is -1.16. The van der Waals surface area contributed by atoms with Crippen LogP contribution in [0.4, 0.5) is 4.39 Å². The van der Waals surface area contributed by atoms with Gasteiger partial charge in [-0.1, -0.05) is 18.5 Å². The van der Waals surface area contributed by atoms with Crippen molar-refractivity contribution in [1.29, 1.82) is 0 Å². The number of hydrogen-bond donors (Lipinski definition) is 2. The minimum Gasteiger partial charge on any atom is -0.348 e. The Morgan fingerprint density at radius 2 is 2.00 bits per heavy atom. The third-order valence-electron chi connectivity index (χ3n) is 6.07. The molecule has 0 spiro atoms. The zero-order valence-electron chi connectivity index (χ0n) is 18.3. The summed E-state index contributed by atoms with van der Waals surface area (Å²) in [4.78, 5) is 15.8. The molecular formula is C24H29ClFN3O2S. The molecule has 2 aromatic rings. The van der Waals surface area contributed by atoms with Crippen LogP contribution in [-0.4, -0.2) is 46.9 Å². The van der Waals surface area contributed by atoms with Gasteiger partial charge >= 0.3 is 0 Å². The molecule has 1 saturated heterocycles. The molecule has 1 atom stereocenters. The van der Waals surface area contributed by atoms with Crippen molar-refractivity contribution in [3.8, 4) is 0 Å². The van der Waals surface area contributed by atoms with E-state index in [-0.39, 0.29) is 18.3 Å². The van der Waals surface area contributed by atoms with Gasteiger partial charge in [-0.25, -0.2) is 4.39 Å². The number of rotatable bonds is 8. The second-order valence-corrected chi connectivity index (χ2v) is 10.5. The van der Waals surface area contributed by atoms with Gasteiger partial charge in [0.25, 0.3) is 5.91 Å². The van der Waals surface area contributed by atoms with Gasteiger partial charge in [-0.2, -0.15) is 0 Å². The monoisotopic (exact) mass is 477 g/mol. The quantitative estimate of drug-likeness (QED) is 0.606. The first-order valence-electron chi connectivity index (χ1n) is 11.2. The zero-order chi connectivity index (χ0) is 22.7. The lowest BCUT2D eigenvalue weighted by molar-refractivity contribution is 0.0950. The lowest BCUT2D eigenvalue weighted by Gasteiger charge is -2.28. The Labute approximate surface area is 196 Å². The molecule has 1 heterocycles. The smallest absolute Gasteiger partial charge is 0.251 e. The molecule has 2 N–H and O–H groups in total. The average Bonchev–Trinajstić information content (AvgIpc) is 3.64. The fourth-order valence-electron chi connectivity index (χ4n) is 4.15. The first-order valence-corrected chi connectivity index (χ1v) is 12.9. The fraction of sp³-hybridized carbons (Fsp3) is 0.458. The first kappa shape index (κ1) is 23.4. The number of carbonyl (C=O) groups excluding carboxylic acids is 1. The van der Waals surface area contributed by atoms with E-state index in [9.17, 15) is 9.00 Å². The van der Waals surface area contributed by atoms with Crippen LogP contribution in [0.5, 0.6) is 0 Å². The number of hydrogen-bond acceptors (Lipinski definition) is 4. The van der Waals surface area contributed by atoms with Crippen LogP contribution in [0, 0.1) is 5.82 Å². The van der Waals surface area contributed by atoms with Gasteiger partial charge in [0.05, 0.1) is 10.8 Å². The minimum absolute atomic E-state index is 0.184. The largest absolute Gasteiger partial charge is 0.348 e. The summed E-state index contributed by atoms with van der Waals surface area (Å²) in [7, 11) is -1.16. The fourth-order valence-corrected chi connectivity index (χ4v) is 5.30. The molecule has 1 aliphatic heterocycles. The number of nitrogens with one attached hydrogen (secondary N) is 2. The van der Waals surface area contributed by atoms with Crippen LogP contribution < -0.4 is 10.6 Å². The molecule has 0 aromatic heterocycles. The summed E-state index contributed by atoms with van der Waals surface area (Å²) in [6.45, 7) is 6.22. The number of nitrogens with zero attached hydrogens (tertiary/aromatic N) is 1. The molecule has 8 heteroatoms. The predicted molar refractivity (Wildman–Crippen MR) is 126 cm³/mol. The van der Waals surface area contributed by atoms with E-state index in [0.717, 1.165) is 50.1 Å². The number of piperazine rings is 1. The van der Waals surface area contributed by atoms with Crippen LogP contribution in [0.1, 0.15) is 52.7 Å². The number of amides is 1. The summed E-state index contributed by atoms with van der Waals surface area (Å²) in [5.74, 6) is 0.163. The van der Waals surface area contributed by atoms with Gasteiger partial charge in [-0.15, -0.1) is 0 Å². The second kappa shape index (κ2) is 10.4. The lowest BCUT2D eigenvalue weighted by Crippen LogP contribution is -2.43. The zero-order valence-corrected chi connectivity index (χ0v) is 19.8. The Kier molecular flexibility index (Phi) is 7.61. The normalized spacial score (nSPS) is 17.8. The van der Waals surface area contributed by atoms with Gasteiger partial charge in [0, 0.05) is 66.1 Å². The van der Waals surface area contributed by atoms with Crippen molar-refractivity contribution in [3.05, 3.63) is 63.4 Å². The Morgan fingerprint density at radius 1 is 1.25 bits per heavy atom. The Hall–Kier alpha value is -1.80. The highest BCUT2D eigenvalue weighted by atomic mass is 35.5. The summed E-state index contributed by atoms with van der Waals surface area (Å²) in [6, 6.07) is 8.36. The van der Waals surface area contributed by atoms with E-state index in [1.807, 2.05) is 13.0 Å². The van der Waals surface area contributed by atoms with E-state index >= 15 is 4.39 Å². The summed E-state index contributed by atoms with van der Waals surface area (Å²) < 4.78 is 27.5. The molecule has 5 nitrogen and oxygen atoms in total. The van der Waals surface area contributed by atoms with Crippen molar-refractivity contribution in [3.63, 3.8) is 0 Å². The molecule has 32 heavy (non-hydrogen) atoms. The molecule has 1 unspecified atom stereocenters. The SMILES string of the molecule is CCS(=O)c1ccc(Cl)cc1CNC(=O)c1cc(F)c(CN2CCNCC2)c(C2CC2)c1. The van der Waals surface area contributed by atoms with Crippen molar-refractivity contribution in [2.45, 2.75) is 43.7 Å². The predicted octanol–water partition coefficient (Wildman–Crippen LogP) is 3.82. The van der Waals surface area contributed by atoms with Crippen molar-refractivity contribution in [2.75, 3.05) is 31.9 Å². The molecule has 2 aromatic carbocycles. The second-order valence-electron chi connectivity index (χ2n) is 8.40. The summed E-state index contributed by atoms with van der Waals surface area (Å²) in [5, 5.41) is 6.70. The van der Waals surface area contributed by atoms with Gasteiger partial charge in [0.1, 0.15) is 5.82 Å². The maximum absolute atomic E-state index is 15.2. The maximum Gasteiger partial charge on any atom is 0.251 e. The highest BCUT2D eigenvalue weighted by Gasteiger charge is 2.29. The molecule has 172 valence electrons. The van der Waals surface area contributed by atoms with Crippen molar-refractivity contribution < 1.29 is 13.4 Å². The molecule has 4 rings (SSSR count). The Bertz CT molecular complexity index is 1020. The molecule has 2 fully saturated rings. The van der Waals surface area contributed by atoms with E-state index in [1.165, 1.54) is 6.07 Å². The van der Waals surface area contributed by atoms with Gasteiger partial charge in [-0.05, 0) is 60.2 Å². The van der Waals surface area contributed by atoms with Crippen molar-refractivity contribution in [2.24, 2.45) is 0 Å². The van der Waals surface area contributed by atoms with Crippen LogP contribution in [0.3, 0.4) is 0 Å². The molecule has 0 bridgehead atoms. The van der Waals surface area contributed by atoms with Crippen LogP contribution in [0.2, 0.25) is 5.02 Å². The van der Waals surface area contributed by atoms with E-state index in [4.69, 9.17) is 11.6 Å². The number of benzene rings is 2. The average molecular weight is 478 g/mol. The van der Waals surface area contributed by atoms with Gasteiger partial charge in [-0.3, -0.25) is 13.9 Å². The molecule has 0 radical (unpaired) electrons. The Morgan fingerprint density at radius 3 is 2.69 bits per heavy atom. The molecular weight excluding hydrogens is 449 g/mol. The van der Waals surface area contributed by atoms with Crippen LogP contribution >= 0.6 is 11.6 Å². The van der Waals surface area contributed by atoms with E-state index in [2.05, 4.69) is 15.5 Å². The van der Waals surface area contributed by atoms with Crippen molar-refractivity contribution in [1.82, 2.24) is 15.5 Å². The van der Waals surface area contributed by atoms with Crippen molar-refractivity contribution >= 4 is 28.3 Å².